The number of alkyl halides is 3. The van der Waals surface area contributed by atoms with E-state index in [4.69, 9.17) is 9.47 Å². The lowest BCUT2D eigenvalue weighted by Crippen LogP contribution is -2.48. The molecule has 2 N–H and O–H groups in total. The van der Waals surface area contributed by atoms with Gasteiger partial charge in [-0.1, -0.05) is 41.5 Å². The van der Waals surface area contributed by atoms with Crippen molar-refractivity contribution in [1.82, 2.24) is 19.9 Å². The van der Waals surface area contributed by atoms with Crippen molar-refractivity contribution < 1.29 is 27.4 Å². The molecule has 9 nitrogen and oxygen atoms in total. The minimum absolute atomic E-state index is 0.0419. The van der Waals surface area contributed by atoms with Gasteiger partial charge in [0.2, 0.25) is 0 Å². The molecular formula is C30H44F3N5O4. The van der Waals surface area contributed by atoms with Crippen LogP contribution in [0.15, 0.2) is 29.2 Å². The van der Waals surface area contributed by atoms with E-state index in [-0.39, 0.29) is 64.1 Å². The minimum Gasteiger partial charge on any atom is -0.493 e. The van der Waals surface area contributed by atoms with Gasteiger partial charge >= 0.3 is 6.18 Å². The summed E-state index contributed by atoms with van der Waals surface area (Å²) in [4.78, 5) is 37.7. The number of pyridine rings is 1. The summed E-state index contributed by atoms with van der Waals surface area (Å²) in [7, 11) is 1.38. The molecule has 4 rings (SSSR count). The zero-order chi connectivity index (χ0) is 32.2. The number of nitrogens with zero attached hydrogens (tertiary/aromatic N) is 3. The van der Waals surface area contributed by atoms with Crippen molar-refractivity contribution in [2.75, 3.05) is 25.5 Å². The van der Waals surface area contributed by atoms with Crippen molar-refractivity contribution in [3.8, 4) is 5.75 Å². The van der Waals surface area contributed by atoms with E-state index in [9.17, 15) is 22.8 Å². The maximum absolute atomic E-state index is 13.8. The van der Waals surface area contributed by atoms with Crippen LogP contribution in [0.3, 0.4) is 0 Å². The van der Waals surface area contributed by atoms with Crippen LogP contribution >= 0.6 is 0 Å². The fraction of sp³-hybridized carbons (Fsp3) is 0.533. The first kappa shape index (κ1) is 36.4. The summed E-state index contributed by atoms with van der Waals surface area (Å²) in [6.07, 6.45) is -3.53. The van der Waals surface area contributed by atoms with E-state index in [1.54, 1.807) is 4.90 Å². The van der Waals surface area contributed by atoms with Crippen molar-refractivity contribution >= 4 is 22.6 Å². The number of aryl methyl sites for hydroxylation is 1. The average Bonchev–Trinajstić information content (AvgIpc) is 2.97. The van der Waals surface area contributed by atoms with Gasteiger partial charge in [-0.15, -0.1) is 0 Å². The van der Waals surface area contributed by atoms with Crippen LogP contribution < -0.4 is 15.6 Å². The molecule has 1 saturated heterocycles. The highest BCUT2D eigenvalue weighted by Crippen LogP contribution is 2.34. The number of morpholine rings is 1. The summed E-state index contributed by atoms with van der Waals surface area (Å²) in [6.45, 7) is 17.8. The number of hydrogen-bond acceptors (Lipinski definition) is 7. The predicted octanol–water partition coefficient (Wildman–Crippen LogP) is 6.59. The van der Waals surface area contributed by atoms with Crippen LogP contribution in [-0.2, 0) is 17.5 Å². The van der Waals surface area contributed by atoms with Crippen molar-refractivity contribution in [1.29, 1.82) is 0 Å². The Bertz CT molecular complexity index is 1350. The molecular weight excluding hydrogens is 551 g/mol. The number of H-pyrrole nitrogens is 1. The number of amides is 1. The topological polar surface area (TPSA) is 109 Å². The van der Waals surface area contributed by atoms with E-state index in [0.29, 0.717) is 13.1 Å². The van der Waals surface area contributed by atoms with Crippen molar-refractivity contribution in [2.24, 2.45) is 0 Å². The number of carbonyl (C=O) groups is 1. The van der Waals surface area contributed by atoms with Gasteiger partial charge in [-0.2, -0.15) is 13.2 Å². The Balaban J connectivity index is 0.00000138. The minimum atomic E-state index is -4.66. The molecule has 0 bridgehead atoms. The van der Waals surface area contributed by atoms with E-state index >= 15 is 0 Å². The molecule has 3 aromatic rings. The number of nitrogens with one attached hydrogen (secondary N) is 2. The van der Waals surface area contributed by atoms with Crippen LogP contribution in [0.25, 0.3) is 10.9 Å². The molecule has 1 aromatic carbocycles. The second-order valence-corrected chi connectivity index (χ2v) is 8.77. The third-order valence-corrected chi connectivity index (χ3v) is 5.83. The first-order chi connectivity index (χ1) is 20.0. The van der Waals surface area contributed by atoms with Gasteiger partial charge in [-0.25, -0.2) is 9.97 Å². The largest absolute Gasteiger partial charge is 0.493 e. The van der Waals surface area contributed by atoms with Gasteiger partial charge in [-0.05, 0) is 44.5 Å². The molecule has 12 heteroatoms. The number of anilines is 1. The molecule has 0 spiro atoms. The normalized spacial score (nSPS) is 16.2. The lowest BCUT2D eigenvalue weighted by atomic mass is 10.0. The van der Waals surface area contributed by atoms with Gasteiger partial charge in [0.05, 0.1) is 41.3 Å². The molecule has 1 aliphatic heterocycles. The highest BCUT2D eigenvalue weighted by molar-refractivity contribution is 5.95. The summed E-state index contributed by atoms with van der Waals surface area (Å²) in [5, 5.41) is 2.88. The van der Waals surface area contributed by atoms with Crippen LogP contribution in [0.2, 0.25) is 0 Å². The van der Waals surface area contributed by atoms with E-state index in [0.717, 1.165) is 6.07 Å². The van der Waals surface area contributed by atoms with Gasteiger partial charge in [0.25, 0.3) is 11.5 Å². The molecule has 0 radical (unpaired) electrons. The zero-order valence-electron chi connectivity index (χ0n) is 26.2. The van der Waals surface area contributed by atoms with Gasteiger partial charge in [0, 0.05) is 25.8 Å². The molecule has 2 aromatic heterocycles. The molecule has 42 heavy (non-hydrogen) atoms. The van der Waals surface area contributed by atoms with Crippen LogP contribution in [0.5, 0.6) is 5.75 Å². The second kappa shape index (κ2) is 16.7. The van der Waals surface area contributed by atoms with Gasteiger partial charge in [-0.3, -0.25) is 9.59 Å². The summed E-state index contributed by atoms with van der Waals surface area (Å²) < 4.78 is 52.4. The molecule has 2 unspecified atom stereocenters. The highest BCUT2D eigenvalue weighted by atomic mass is 19.4. The summed E-state index contributed by atoms with van der Waals surface area (Å²) in [6, 6.07) is 3.53. The molecule has 0 aliphatic carbocycles. The van der Waals surface area contributed by atoms with Crippen LogP contribution in [0.1, 0.15) is 82.7 Å². The van der Waals surface area contributed by atoms with Crippen molar-refractivity contribution in [3.63, 3.8) is 0 Å². The van der Waals surface area contributed by atoms with E-state index in [2.05, 4.69) is 20.3 Å². The number of ether oxygens (including phenoxy) is 2. The molecule has 1 fully saturated rings. The highest BCUT2D eigenvalue weighted by Gasteiger charge is 2.34. The second-order valence-electron chi connectivity index (χ2n) is 8.77. The van der Waals surface area contributed by atoms with Crippen LogP contribution in [-0.4, -0.2) is 58.2 Å². The number of fused-ring (bicyclic) bond motifs is 1. The van der Waals surface area contributed by atoms with Crippen LogP contribution in [0.4, 0.5) is 19.0 Å². The lowest BCUT2D eigenvalue weighted by Gasteiger charge is -2.35. The fourth-order valence-corrected chi connectivity index (χ4v) is 4.31. The Labute approximate surface area is 245 Å². The number of methoxy groups -OCH3 is 1. The first-order valence-electron chi connectivity index (χ1n) is 14.3. The lowest BCUT2D eigenvalue weighted by molar-refractivity contribution is -0.138. The van der Waals surface area contributed by atoms with Gasteiger partial charge in [0.15, 0.2) is 11.6 Å². The molecule has 0 saturated carbocycles. The SMILES string of the molecule is CC.CC.CC.COc1cc(C(=O)N2CC(C)OC(C)C2)cnc1NCc1cc2c(=O)[nH]c(C)nc2cc1C(F)(F)F. The monoisotopic (exact) mass is 595 g/mol. The summed E-state index contributed by atoms with van der Waals surface area (Å²) in [5.41, 5.74) is -1.36. The Morgan fingerprint density at radius 3 is 2.24 bits per heavy atom. The molecule has 234 valence electrons. The Hall–Kier alpha value is -3.67. The number of benzene rings is 1. The fourth-order valence-electron chi connectivity index (χ4n) is 4.31. The quantitative estimate of drug-likeness (QED) is 0.342. The number of halogens is 3. The van der Waals surface area contributed by atoms with E-state index in [1.807, 2.05) is 55.4 Å². The van der Waals surface area contributed by atoms with Crippen molar-refractivity contribution in [2.45, 2.75) is 87.2 Å². The summed E-state index contributed by atoms with van der Waals surface area (Å²) >= 11 is 0. The Morgan fingerprint density at radius 1 is 1.10 bits per heavy atom. The maximum atomic E-state index is 13.8. The van der Waals surface area contributed by atoms with Gasteiger partial charge < -0.3 is 24.7 Å². The standard InChI is InChI=1S/C24H26F3N5O4.3C2H6/c1-12-10-32(11-13(2)36-12)23(34)16-6-20(35-4)21(29-9-16)28-8-15-5-17-19(7-18(15)24(25,26)27)30-14(3)31-22(17)33;3*1-2/h5-7,9,12-13H,8,10-11H2,1-4H3,(H,28,29)(H,30,31,33);3*1-2H3. The number of rotatable bonds is 5. The van der Waals surface area contributed by atoms with Crippen LogP contribution in [0, 0.1) is 6.92 Å². The molecule has 1 amide bonds. The molecule has 3 heterocycles. The number of hydrogen-bond donors (Lipinski definition) is 2. The predicted molar refractivity (Wildman–Crippen MR) is 160 cm³/mol. The zero-order valence-corrected chi connectivity index (χ0v) is 26.2. The molecule has 2 atom stereocenters. The van der Waals surface area contributed by atoms with Crippen molar-refractivity contribution in [3.05, 3.63) is 57.3 Å². The number of carbonyl (C=O) groups excluding carboxylic acids is 1. The Morgan fingerprint density at radius 2 is 1.69 bits per heavy atom. The van der Waals surface area contributed by atoms with Gasteiger partial charge in [0.1, 0.15) is 5.82 Å². The van der Waals surface area contributed by atoms with E-state index in [1.165, 1.54) is 32.4 Å². The first-order valence-corrected chi connectivity index (χ1v) is 14.3. The number of aromatic amines is 1. The average molecular weight is 596 g/mol. The van der Waals surface area contributed by atoms with E-state index < -0.39 is 17.3 Å². The number of aromatic nitrogens is 3. The summed E-state index contributed by atoms with van der Waals surface area (Å²) in [5.74, 6) is 0.322. The maximum Gasteiger partial charge on any atom is 0.416 e. The smallest absolute Gasteiger partial charge is 0.416 e. The Kier molecular flexibility index (Phi) is 14.4. The third-order valence-electron chi connectivity index (χ3n) is 5.83. The molecule has 1 aliphatic rings. The third kappa shape index (κ3) is 9.17.